The second-order valence-corrected chi connectivity index (χ2v) is 7.29. The third-order valence-corrected chi connectivity index (χ3v) is 4.83. The van der Waals surface area contributed by atoms with Crippen molar-refractivity contribution in [2.45, 2.75) is 19.5 Å². The molecule has 0 aliphatic carbocycles. The van der Waals surface area contributed by atoms with Crippen LogP contribution in [0, 0.1) is 0 Å². The molecule has 3 rings (SSSR count). The summed E-state index contributed by atoms with van der Waals surface area (Å²) < 4.78 is 5.29. The third-order valence-electron chi connectivity index (χ3n) is 4.58. The molecule has 2 aromatic carbocycles. The first kappa shape index (κ1) is 20.9. The van der Waals surface area contributed by atoms with Crippen LogP contribution in [-0.2, 0) is 16.1 Å². The van der Waals surface area contributed by atoms with Crippen LogP contribution in [0.3, 0.4) is 0 Å². The average molecular weight is 414 g/mol. The van der Waals surface area contributed by atoms with Crippen molar-refractivity contribution in [3.05, 3.63) is 82.0 Å². The molecule has 1 aliphatic heterocycles. The summed E-state index contributed by atoms with van der Waals surface area (Å²) in [5, 5.41) is 6.20. The number of hydrogen-bond donors (Lipinski definition) is 2. The van der Waals surface area contributed by atoms with Crippen LogP contribution in [0.2, 0.25) is 5.02 Å². The van der Waals surface area contributed by atoms with Crippen molar-refractivity contribution >= 4 is 23.6 Å². The van der Waals surface area contributed by atoms with E-state index < -0.39 is 12.0 Å². The van der Waals surface area contributed by atoms with Gasteiger partial charge in [-0.1, -0.05) is 54.1 Å². The molecule has 1 aliphatic rings. The predicted molar refractivity (Wildman–Crippen MR) is 112 cm³/mol. The van der Waals surface area contributed by atoms with Crippen LogP contribution in [0.15, 0.2) is 65.9 Å². The highest BCUT2D eigenvalue weighted by atomic mass is 35.5. The van der Waals surface area contributed by atoms with Gasteiger partial charge in [0.2, 0.25) is 0 Å². The Hall–Kier alpha value is -2.83. The zero-order valence-electron chi connectivity index (χ0n) is 16.4. The number of carbonyl (C=O) groups excluding carboxylic acids is 2. The van der Waals surface area contributed by atoms with Crippen LogP contribution in [0.25, 0.3) is 0 Å². The molecule has 152 valence electrons. The minimum Gasteiger partial charge on any atom is -0.463 e. The van der Waals surface area contributed by atoms with Gasteiger partial charge in [-0.15, -0.1) is 0 Å². The molecule has 0 aromatic heterocycles. The number of carbonyl (C=O) groups is 2. The number of nitrogens with zero attached hydrogens (tertiary/aromatic N) is 1. The van der Waals surface area contributed by atoms with Crippen molar-refractivity contribution < 1.29 is 14.3 Å². The summed E-state index contributed by atoms with van der Waals surface area (Å²) in [4.78, 5) is 27.2. The molecule has 7 heteroatoms. The van der Waals surface area contributed by atoms with Crippen LogP contribution in [-0.4, -0.2) is 37.1 Å². The van der Waals surface area contributed by atoms with E-state index >= 15 is 0 Å². The molecule has 29 heavy (non-hydrogen) atoms. The zero-order valence-corrected chi connectivity index (χ0v) is 17.2. The maximum Gasteiger partial charge on any atom is 0.338 e. The number of esters is 1. The molecule has 1 atom stereocenters. The number of rotatable bonds is 7. The van der Waals surface area contributed by atoms with E-state index in [2.05, 4.69) is 10.6 Å². The molecule has 0 spiro atoms. The van der Waals surface area contributed by atoms with E-state index in [0.29, 0.717) is 29.4 Å². The Morgan fingerprint density at radius 2 is 1.79 bits per heavy atom. The van der Waals surface area contributed by atoms with Gasteiger partial charge in [0.05, 0.1) is 18.2 Å². The lowest BCUT2D eigenvalue weighted by Crippen LogP contribution is -2.48. The lowest BCUT2D eigenvalue weighted by atomic mass is 9.95. The first-order chi connectivity index (χ1) is 14.0. The minimum absolute atomic E-state index is 0.247. The largest absolute Gasteiger partial charge is 0.463 e. The second kappa shape index (κ2) is 9.58. The number of nitrogens with one attached hydrogen (secondary N) is 2. The van der Waals surface area contributed by atoms with E-state index in [1.807, 2.05) is 42.3 Å². The highest BCUT2D eigenvalue weighted by molar-refractivity contribution is 6.30. The van der Waals surface area contributed by atoms with E-state index in [4.69, 9.17) is 16.3 Å². The molecule has 1 heterocycles. The lowest BCUT2D eigenvalue weighted by Gasteiger charge is -2.31. The monoisotopic (exact) mass is 413 g/mol. The quantitative estimate of drug-likeness (QED) is 0.680. The van der Waals surface area contributed by atoms with Gasteiger partial charge in [-0.25, -0.2) is 9.59 Å². The normalized spacial score (nSPS) is 16.4. The van der Waals surface area contributed by atoms with E-state index in [9.17, 15) is 9.59 Å². The maximum atomic E-state index is 12.8. The van der Waals surface area contributed by atoms with Crippen molar-refractivity contribution in [1.29, 1.82) is 0 Å². The van der Waals surface area contributed by atoms with Gasteiger partial charge < -0.3 is 15.4 Å². The number of benzene rings is 2. The van der Waals surface area contributed by atoms with E-state index in [1.165, 1.54) is 0 Å². The molecule has 2 N–H and O–H groups in total. The van der Waals surface area contributed by atoms with Crippen LogP contribution < -0.4 is 10.6 Å². The standard InChI is InChI=1S/C22H24ClN3O3/c1-3-29-21(27)19-18(14-26(2)13-15-7-5-4-6-8-15)24-22(28)25-20(19)16-9-11-17(23)12-10-16/h4-12,20H,3,13-14H2,1-2H3,(H2,24,25,28)/t20-/m0/s1. The van der Waals surface area contributed by atoms with Crippen LogP contribution >= 0.6 is 11.6 Å². The summed E-state index contributed by atoms with van der Waals surface area (Å²) in [5.74, 6) is -0.455. The Morgan fingerprint density at radius 3 is 2.45 bits per heavy atom. The molecule has 0 bridgehead atoms. The number of urea groups is 1. The van der Waals surface area contributed by atoms with E-state index in [1.54, 1.807) is 31.2 Å². The number of amides is 2. The average Bonchev–Trinajstić information content (AvgIpc) is 2.69. The van der Waals surface area contributed by atoms with Gasteiger partial charge in [0.1, 0.15) is 0 Å². The molecule has 2 amide bonds. The van der Waals surface area contributed by atoms with Gasteiger partial charge in [-0.05, 0) is 37.2 Å². The predicted octanol–water partition coefficient (Wildman–Crippen LogP) is 3.64. The SMILES string of the molecule is CCOC(=O)C1=C(CN(C)Cc2ccccc2)NC(=O)N[C@H]1c1ccc(Cl)cc1. The summed E-state index contributed by atoms with van der Waals surface area (Å²) in [6.07, 6.45) is 0. The van der Waals surface area contributed by atoms with E-state index in [-0.39, 0.29) is 12.6 Å². The fraction of sp³-hybridized carbons (Fsp3) is 0.273. The fourth-order valence-corrected chi connectivity index (χ4v) is 3.44. The summed E-state index contributed by atoms with van der Waals surface area (Å²) in [5.41, 5.74) is 2.83. The van der Waals surface area contributed by atoms with Crippen molar-refractivity contribution in [2.75, 3.05) is 20.2 Å². The van der Waals surface area contributed by atoms with Crippen molar-refractivity contribution in [3.63, 3.8) is 0 Å². The Bertz CT molecular complexity index is 897. The molecule has 0 unspecified atom stereocenters. The molecule has 0 saturated heterocycles. The Morgan fingerprint density at radius 1 is 1.10 bits per heavy atom. The Labute approximate surface area is 175 Å². The number of likely N-dealkylation sites (N-methyl/N-ethyl adjacent to an activating group) is 1. The van der Waals surface area contributed by atoms with Crippen LogP contribution in [0.4, 0.5) is 4.79 Å². The number of ether oxygens (including phenoxy) is 1. The van der Waals surface area contributed by atoms with Crippen molar-refractivity contribution in [1.82, 2.24) is 15.5 Å². The first-order valence-corrected chi connectivity index (χ1v) is 9.81. The topological polar surface area (TPSA) is 70.7 Å². The van der Waals surface area contributed by atoms with Crippen molar-refractivity contribution in [3.8, 4) is 0 Å². The fourth-order valence-electron chi connectivity index (χ4n) is 3.32. The van der Waals surface area contributed by atoms with Crippen LogP contribution in [0.1, 0.15) is 24.1 Å². The van der Waals surface area contributed by atoms with Gasteiger partial charge in [0.15, 0.2) is 0 Å². The second-order valence-electron chi connectivity index (χ2n) is 6.85. The van der Waals surface area contributed by atoms with Gasteiger partial charge in [-0.2, -0.15) is 0 Å². The lowest BCUT2D eigenvalue weighted by molar-refractivity contribution is -0.139. The first-order valence-electron chi connectivity index (χ1n) is 9.43. The summed E-state index contributed by atoms with van der Waals surface area (Å²) in [6.45, 7) is 3.07. The molecular formula is C22H24ClN3O3. The third kappa shape index (κ3) is 5.37. The molecule has 0 radical (unpaired) electrons. The highest BCUT2D eigenvalue weighted by Crippen LogP contribution is 2.29. The Balaban J connectivity index is 1.93. The summed E-state index contributed by atoms with van der Waals surface area (Å²) in [6, 6.07) is 16.1. The number of hydrogen-bond acceptors (Lipinski definition) is 4. The maximum absolute atomic E-state index is 12.8. The molecular weight excluding hydrogens is 390 g/mol. The van der Waals surface area contributed by atoms with Crippen molar-refractivity contribution in [2.24, 2.45) is 0 Å². The smallest absolute Gasteiger partial charge is 0.338 e. The van der Waals surface area contributed by atoms with Gasteiger partial charge in [0.25, 0.3) is 0 Å². The van der Waals surface area contributed by atoms with E-state index in [0.717, 1.165) is 11.1 Å². The number of halogens is 1. The highest BCUT2D eigenvalue weighted by Gasteiger charge is 2.34. The van der Waals surface area contributed by atoms with Gasteiger partial charge in [0, 0.05) is 23.8 Å². The molecule has 6 nitrogen and oxygen atoms in total. The summed E-state index contributed by atoms with van der Waals surface area (Å²) in [7, 11) is 1.94. The summed E-state index contributed by atoms with van der Waals surface area (Å²) >= 11 is 5.99. The zero-order chi connectivity index (χ0) is 20.8. The molecule has 0 saturated carbocycles. The molecule has 0 fully saturated rings. The molecule has 2 aromatic rings. The Kier molecular flexibility index (Phi) is 6.90. The minimum atomic E-state index is -0.611. The van der Waals surface area contributed by atoms with Crippen LogP contribution in [0.5, 0.6) is 0 Å². The van der Waals surface area contributed by atoms with Gasteiger partial charge >= 0.3 is 12.0 Å². The van der Waals surface area contributed by atoms with Gasteiger partial charge in [-0.3, -0.25) is 4.90 Å².